The van der Waals surface area contributed by atoms with E-state index in [1.54, 1.807) is 0 Å². The molecule has 0 heterocycles. The van der Waals surface area contributed by atoms with Crippen LogP contribution in [0.1, 0.15) is 5.56 Å². The molecule has 0 saturated heterocycles. The lowest BCUT2D eigenvalue weighted by Crippen LogP contribution is -2.32. The number of carbonyl (C=O) groups excluding carboxylic acids is 2. The fourth-order valence-corrected chi connectivity index (χ4v) is 1.82. The maximum atomic E-state index is 11.7. The van der Waals surface area contributed by atoms with Crippen LogP contribution in [-0.4, -0.2) is 28.1 Å². The lowest BCUT2D eigenvalue weighted by Gasteiger charge is -2.04. The first-order valence-corrected chi connectivity index (χ1v) is 7.12. The second kappa shape index (κ2) is 7.88. The lowest BCUT2D eigenvalue weighted by molar-refractivity contribution is -0.384. The zero-order chi connectivity index (χ0) is 18.4. The van der Waals surface area contributed by atoms with Gasteiger partial charge >= 0.3 is 11.8 Å². The van der Waals surface area contributed by atoms with Gasteiger partial charge in [-0.05, 0) is 30.3 Å². The number of hydrogen-bond acceptors (Lipinski definition) is 6. The van der Waals surface area contributed by atoms with Gasteiger partial charge in [-0.15, -0.1) is 0 Å². The van der Waals surface area contributed by atoms with Gasteiger partial charge in [0.2, 0.25) is 0 Å². The first-order chi connectivity index (χ1) is 11.9. The number of carbonyl (C=O) groups is 2. The molecule has 0 saturated carbocycles. The Morgan fingerprint density at radius 1 is 1.16 bits per heavy atom. The highest BCUT2D eigenvalue weighted by Crippen LogP contribution is 2.21. The molecule has 2 amide bonds. The van der Waals surface area contributed by atoms with Crippen LogP contribution in [0.4, 0.5) is 11.4 Å². The molecule has 0 aliphatic heterocycles. The van der Waals surface area contributed by atoms with Crippen molar-refractivity contribution in [2.24, 2.45) is 5.10 Å². The molecule has 25 heavy (non-hydrogen) atoms. The molecule has 3 N–H and O–H groups in total. The lowest BCUT2D eigenvalue weighted by atomic mass is 10.2. The Morgan fingerprint density at radius 2 is 1.84 bits per heavy atom. The highest BCUT2D eigenvalue weighted by atomic mass is 35.5. The first-order valence-electron chi connectivity index (χ1n) is 6.74. The Hall–Kier alpha value is -3.46. The smallest absolute Gasteiger partial charge is 0.329 e. The number of nitro benzene ring substituents is 1. The minimum atomic E-state index is -1.06. The molecule has 0 unspecified atom stereocenters. The summed E-state index contributed by atoms with van der Waals surface area (Å²) in [6, 6.07) is 9.41. The normalized spacial score (nSPS) is 10.4. The number of anilines is 1. The molecule has 0 aromatic heterocycles. The van der Waals surface area contributed by atoms with Crippen LogP contribution < -0.4 is 10.7 Å². The Bertz CT molecular complexity index is 852. The van der Waals surface area contributed by atoms with Crippen molar-refractivity contribution in [3.8, 4) is 5.75 Å². The van der Waals surface area contributed by atoms with Crippen molar-refractivity contribution in [2.45, 2.75) is 0 Å². The number of nitrogens with one attached hydrogen (secondary N) is 2. The summed E-state index contributed by atoms with van der Waals surface area (Å²) in [6.45, 7) is 0. The summed E-state index contributed by atoms with van der Waals surface area (Å²) < 4.78 is 0. The van der Waals surface area contributed by atoms with Crippen LogP contribution in [0.2, 0.25) is 5.02 Å². The van der Waals surface area contributed by atoms with Gasteiger partial charge in [-0.3, -0.25) is 19.7 Å². The van der Waals surface area contributed by atoms with Gasteiger partial charge in [0.15, 0.2) is 0 Å². The van der Waals surface area contributed by atoms with E-state index in [0.717, 1.165) is 24.4 Å². The molecule has 0 spiro atoms. The standard InChI is InChI=1S/C15H11ClN4O5/c16-10-1-3-11(4-2-10)18-14(22)15(23)19-17-8-9-7-12(20(24)25)5-6-13(9)21/h1-8,21H,(H,18,22)(H,19,23)/b17-8+. The number of nitrogens with zero attached hydrogens (tertiary/aromatic N) is 2. The molecule has 9 nitrogen and oxygen atoms in total. The van der Waals surface area contributed by atoms with E-state index in [1.165, 1.54) is 24.3 Å². The predicted molar refractivity (Wildman–Crippen MR) is 90.6 cm³/mol. The zero-order valence-electron chi connectivity index (χ0n) is 12.5. The molecule has 2 aromatic rings. The summed E-state index contributed by atoms with van der Waals surface area (Å²) in [6.07, 6.45) is 0.982. The number of amides is 2. The highest BCUT2D eigenvalue weighted by molar-refractivity contribution is 6.39. The Morgan fingerprint density at radius 3 is 2.48 bits per heavy atom. The number of benzene rings is 2. The quantitative estimate of drug-likeness (QED) is 0.331. The van der Waals surface area contributed by atoms with Crippen molar-refractivity contribution < 1.29 is 19.6 Å². The fourth-order valence-electron chi connectivity index (χ4n) is 1.69. The van der Waals surface area contributed by atoms with Crippen LogP contribution in [0.5, 0.6) is 5.75 Å². The van der Waals surface area contributed by atoms with Crippen molar-refractivity contribution >= 4 is 41.0 Å². The topological polar surface area (TPSA) is 134 Å². The third kappa shape index (κ3) is 5.01. The average Bonchev–Trinajstić information content (AvgIpc) is 2.58. The van der Waals surface area contributed by atoms with Gasteiger partial charge in [0.25, 0.3) is 5.69 Å². The van der Waals surface area contributed by atoms with Crippen LogP contribution in [0.3, 0.4) is 0 Å². The number of phenolic OH excluding ortho intramolecular Hbond substituents is 1. The van der Waals surface area contributed by atoms with Crippen molar-refractivity contribution in [3.05, 3.63) is 63.2 Å². The minimum absolute atomic E-state index is 0.00705. The van der Waals surface area contributed by atoms with Gasteiger partial charge in [-0.25, -0.2) is 5.43 Å². The summed E-state index contributed by atoms with van der Waals surface area (Å²) in [7, 11) is 0. The van der Waals surface area contributed by atoms with E-state index in [0.29, 0.717) is 10.7 Å². The summed E-state index contributed by atoms with van der Waals surface area (Å²) >= 11 is 5.71. The summed E-state index contributed by atoms with van der Waals surface area (Å²) in [5, 5.41) is 26.6. The van der Waals surface area contributed by atoms with Crippen molar-refractivity contribution in [1.29, 1.82) is 0 Å². The van der Waals surface area contributed by atoms with Crippen LogP contribution >= 0.6 is 11.6 Å². The van der Waals surface area contributed by atoms with Crippen LogP contribution in [-0.2, 0) is 9.59 Å². The molecular formula is C15H11ClN4O5. The second-order valence-electron chi connectivity index (χ2n) is 4.66. The van der Waals surface area contributed by atoms with Gasteiger partial charge in [0.1, 0.15) is 5.75 Å². The van der Waals surface area contributed by atoms with Gasteiger partial charge < -0.3 is 10.4 Å². The minimum Gasteiger partial charge on any atom is -0.507 e. The van der Waals surface area contributed by atoms with Crippen molar-refractivity contribution in [3.63, 3.8) is 0 Å². The van der Waals surface area contributed by atoms with E-state index in [4.69, 9.17) is 11.6 Å². The highest BCUT2D eigenvalue weighted by Gasteiger charge is 2.13. The molecule has 0 bridgehead atoms. The predicted octanol–water partition coefficient (Wildman–Crippen LogP) is 2.04. The molecule has 0 aliphatic rings. The van der Waals surface area contributed by atoms with Gasteiger partial charge in [-0.2, -0.15) is 5.10 Å². The molecular weight excluding hydrogens is 352 g/mol. The number of non-ortho nitro benzene ring substituents is 1. The molecule has 0 atom stereocenters. The molecule has 2 rings (SSSR count). The number of nitro groups is 1. The van der Waals surface area contributed by atoms with E-state index < -0.39 is 16.7 Å². The van der Waals surface area contributed by atoms with E-state index >= 15 is 0 Å². The second-order valence-corrected chi connectivity index (χ2v) is 5.10. The molecule has 128 valence electrons. The molecule has 10 heteroatoms. The zero-order valence-corrected chi connectivity index (χ0v) is 13.2. The first kappa shape index (κ1) is 17.9. The van der Waals surface area contributed by atoms with E-state index in [2.05, 4.69) is 10.4 Å². The summed E-state index contributed by atoms with van der Waals surface area (Å²) in [5.41, 5.74) is 2.06. The average molecular weight is 363 g/mol. The number of halogens is 1. The van der Waals surface area contributed by atoms with Gasteiger partial charge in [-0.1, -0.05) is 11.6 Å². The Labute approximate surface area is 146 Å². The van der Waals surface area contributed by atoms with Gasteiger partial charge in [0, 0.05) is 28.4 Å². The van der Waals surface area contributed by atoms with Crippen LogP contribution in [0, 0.1) is 10.1 Å². The third-order valence-corrected chi connectivity index (χ3v) is 3.15. The maximum Gasteiger partial charge on any atom is 0.329 e. The number of hydrogen-bond donors (Lipinski definition) is 3. The SMILES string of the molecule is O=C(N/N=C/c1cc([N+](=O)[O-])ccc1O)C(=O)Nc1ccc(Cl)cc1. The molecule has 0 fully saturated rings. The number of phenols is 1. The Balaban J connectivity index is 1.98. The van der Waals surface area contributed by atoms with E-state index in [9.17, 15) is 24.8 Å². The molecule has 0 radical (unpaired) electrons. The van der Waals surface area contributed by atoms with Crippen LogP contribution in [0.15, 0.2) is 47.6 Å². The summed E-state index contributed by atoms with van der Waals surface area (Å²) in [4.78, 5) is 33.3. The fraction of sp³-hybridized carbons (Fsp3) is 0. The van der Waals surface area contributed by atoms with Crippen molar-refractivity contribution in [2.75, 3.05) is 5.32 Å². The maximum absolute atomic E-state index is 11.7. The summed E-state index contributed by atoms with van der Waals surface area (Å²) in [5.74, 6) is -2.30. The number of rotatable bonds is 4. The molecule has 2 aromatic carbocycles. The van der Waals surface area contributed by atoms with Crippen molar-refractivity contribution in [1.82, 2.24) is 5.43 Å². The largest absolute Gasteiger partial charge is 0.507 e. The third-order valence-electron chi connectivity index (χ3n) is 2.90. The molecule has 0 aliphatic carbocycles. The monoisotopic (exact) mass is 362 g/mol. The van der Waals surface area contributed by atoms with E-state index in [1.807, 2.05) is 5.43 Å². The van der Waals surface area contributed by atoms with Gasteiger partial charge in [0.05, 0.1) is 11.1 Å². The number of aromatic hydroxyl groups is 1. The Kier molecular flexibility index (Phi) is 5.64. The van der Waals surface area contributed by atoms with Crippen LogP contribution in [0.25, 0.3) is 0 Å². The van der Waals surface area contributed by atoms with E-state index in [-0.39, 0.29) is 17.0 Å². The number of hydrazone groups is 1.